The zero-order valence-corrected chi connectivity index (χ0v) is 24.1. The van der Waals surface area contributed by atoms with Gasteiger partial charge < -0.3 is 19.8 Å². The van der Waals surface area contributed by atoms with Gasteiger partial charge in [-0.3, -0.25) is 9.59 Å². The molecular weight excluding hydrogens is 524 g/mol. The van der Waals surface area contributed by atoms with Crippen LogP contribution < -0.4 is 0 Å². The molecule has 214 valence electrons. The molecule has 0 spiro atoms. The lowest BCUT2D eigenvalue weighted by atomic mass is 9.99. The lowest BCUT2D eigenvalue weighted by molar-refractivity contribution is -0.134. The van der Waals surface area contributed by atoms with E-state index in [1.54, 1.807) is 12.4 Å². The predicted octanol–water partition coefficient (Wildman–Crippen LogP) is 5.47. The molecule has 4 aromatic rings. The summed E-state index contributed by atoms with van der Waals surface area (Å²) in [5, 5.41) is 0. The van der Waals surface area contributed by atoms with Crippen molar-refractivity contribution in [1.29, 1.82) is 0 Å². The van der Waals surface area contributed by atoms with Crippen LogP contribution in [0.25, 0.3) is 0 Å². The number of H-pyrrole nitrogens is 2. The first-order valence-corrected chi connectivity index (χ1v) is 14.8. The van der Waals surface area contributed by atoms with Gasteiger partial charge in [-0.15, -0.1) is 0 Å². The summed E-state index contributed by atoms with van der Waals surface area (Å²) >= 11 is 0. The Labute approximate surface area is 246 Å². The molecule has 2 amide bonds. The predicted molar refractivity (Wildman–Crippen MR) is 160 cm³/mol. The monoisotopic (exact) mass is 560 g/mol. The number of amides is 2. The zero-order valence-electron chi connectivity index (χ0n) is 24.1. The number of benzene rings is 2. The van der Waals surface area contributed by atoms with Gasteiger partial charge in [0.25, 0.3) is 0 Å². The second-order valence-electron chi connectivity index (χ2n) is 11.3. The van der Waals surface area contributed by atoms with Gasteiger partial charge in [-0.25, -0.2) is 9.97 Å². The maximum absolute atomic E-state index is 13.4. The number of likely N-dealkylation sites (tertiary alicyclic amines) is 2. The molecule has 2 aliphatic heterocycles. The Morgan fingerprint density at radius 3 is 1.52 bits per heavy atom. The Kier molecular flexibility index (Phi) is 7.91. The molecule has 0 aliphatic carbocycles. The highest BCUT2D eigenvalue weighted by molar-refractivity contribution is 5.84. The Hall–Kier alpha value is -4.64. The summed E-state index contributed by atoms with van der Waals surface area (Å²) in [4.78, 5) is 46.5. The van der Waals surface area contributed by atoms with Crippen molar-refractivity contribution in [2.75, 3.05) is 13.1 Å². The normalized spacial score (nSPS) is 19.8. The Morgan fingerprint density at radius 1 is 0.714 bits per heavy atom. The third-order valence-corrected chi connectivity index (χ3v) is 8.57. The van der Waals surface area contributed by atoms with Gasteiger partial charge in [-0.05, 0) is 62.5 Å². The topological polar surface area (TPSA) is 98.0 Å². The highest BCUT2D eigenvalue weighted by Crippen LogP contribution is 2.34. The first-order valence-electron chi connectivity index (χ1n) is 14.8. The SMILES string of the molecule is C[C@@H](C(=O)N1CCC[C@H]1c1ncc(C#Cc2cnc([C@@H]3CCCN3C(=O)[C@H](C)c3ccccc3)[nH]2)[nH]1)c1ccccc1. The van der Waals surface area contributed by atoms with Gasteiger partial charge in [0.2, 0.25) is 11.8 Å². The van der Waals surface area contributed by atoms with E-state index in [1.165, 1.54) is 0 Å². The van der Waals surface area contributed by atoms with Crippen LogP contribution in [0.15, 0.2) is 73.1 Å². The molecule has 6 rings (SSSR count). The molecule has 8 heteroatoms. The van der Waals surface area contributed by atoms with Crippen molar-refractivity contribution >= 4 is 11.8 Å². The number of hydrogen-bond donors (Lipinski definition) is 2. The van der Waals surface area contributed by atoms with Gasteiger partial charge in [0.05, 0.1) is 36.3 Å². The molecule has 0 bridgehead atoms. The van der Waals surface area contributed by atoms with Crippen LogP contribution in [0.2, 0.25) is 0 Å². The minimum absolute atomic E-state index is 0.0814. The number of aromatic amines is 2. The van der Waals surface area contributed by atoms with E-state index >= 15 is 0 Å². The Morgan fingerprint density at radius 2 is 1.12 bits per heavy atom. The number of nitrogens with zero attached hydrogens (tertiary/aromatic N) is 4. The quantitative estimate of drug-likeness (QED) is 0.306. The molecule has 2 saturated heterocycles. The van der Waals surface area contributed by atoms with Crippen molar-refractivity contribution in [2.45, 2.75) is 63.5 Å². The summed E-state index contributed by atoms with van der Waals surface area (Å²) in [6.45, 7) is 5.39. The molecule has 0 radical (unpaired) electrons. The largest absolute Gasteiger partial charge is 0.334 e. The van der Waals surface area contributed by atoms with Crippen molar-refractivity contribution in [3.63, 3.8) is 0 Å². The van der Waals surface area contributed by atoms with Crippen LogP contribution in [0.4, 0.5) is 0 Å². The standard InChI is InChI=1S/C34H36N6O2/c1-23(25-11-5-3-6-12-25)33(41)39-19-9-15-29(39)31-35-21-27(37-31)17-18-28-22-36-32(38-28)30-16-10-20-40(30)34(42)24(2)26-13-7-4-8-14-26/h3-8,11-14,21-24,29-30H,9-10,15-16,19-20H2,1-2H3,(H,35,37)(H,36,38)/t23-,24-,29+,30+/m1/s1. The minimum Gasteiger partial charge on any atom is -0.334 e. The molecule has 2 fully saturated rings. The van der Waals surface area contributed by atoms with Crippen LogP contribution in [0, 0.1) is 11.8 Å². The lowest BCUT2D eigenvalue weighted by Crippen LogP contribution is -2.34. The molecule has 42 heavy (non-hydrogen) atoms. The van der Waals surface area contributed by atoms with Crippen LogP contribution in [-0.2, 0) is 9.59 Å². The molecule has 0 saturated carbocycles. The summed E-state index contributed by atoms with van der Waals surface area (Å²) in [6.07, 6.45) is 7.09. The van der Waals surface area contributed by atoms with Crippen molar-refractivity contribution in [2.24, 2.45) is 0 Å². The number of carbonyl (C=O) groups is 2. The number of imidazole rings is 2. The fourth-order valence-electron chi connectivity index (χ4n) is 6.17. The number of hydrogen-bond acceptors (Lipinski definition) is 4. The van der Waals surface area contributed by atoms with Gasteiger partial charge in [0.15, 0.2) is 0 Å². The first kappa shape index (κ1) is 27.5. The molecule has 2 aromatic heterocycles. The van der Waals surface area contributed by atoms with Gasteiger partial charge in [0.1, 0.15) is 23.0 Å². The number of rotatable bonds is 6. The third kappa shape index (κ3) is 5.60. The van der Waals surface area contributed by atoms with Crippen LogP contribution in [0.3, 0.4) is 0 Å². The van der Waals surface area contributed by atoms with E-state index < -0.39 is 0 Å². The molecule has 2 aliphatic rings. The molecule has 2 N–H and O–H groups in total. The van der Waals surface area contributed by atoms with Gasteiger partial charge >= 0.3 is 0 Å². The van der Waals surface area contributed by atoms with Crippen molar-refractivity contribution in [3.05, 3.63) is 107 Å². The highest BCUT2D eigenvalue weighted by Gasteiger charge is 2.35. The second-order valence-corrected chi connectivity index (χ2v) is 11.3. The van der Waals surface area contributed by atoms with Crippen LogP contribution in [0.5, 0.6) is 0 Å². The number of aromatic nitrogens is 4. The molecular formula is C34H36N6O2. The highest BCUT2D eigenvalue weighted by atomic mass is 16.2. The van der Waals surface area contributed by atoms with Gasteiger partial charge in [0, 0.05) is 13.1 Å². The van der Waals surface area contributed by atoms with E-state index in [-0.39, 0.29) is 35.7 Å². The van der Waals surface area contributed by atoms with E-state index in [4.69, 9.17) is 0 Å². The zero-order chi connectivity index (χ0) is 29.1. The Bertz CT molecular complexity index is 1480. The number of nitrogens with one attached hydrogen (secondary N) is 2. The Balaban J connectivity index is 1.12. The maximum Gasteiger partial charge on any atom is 0.230 e. The van der Waals surface area contributed by atoms with E-state index in [0.29, 0.717) is 11.4 Å². The van der Waals surface area contributed by atoms with Gasteiger partial charge in [-0.2, -0.15) is 0 Å². The van der Waals surface area contributed by atoms with E-state index in [0.717, 1.165) is 61.5 Å². The third-order valence-electron chi connectivity index (χ3n) is 8.57. The average Bonchev–Trinajstić information content (AvgIpc) is 3.85. The summed E-state index contributed by atoms with van der Waals surface area (Å²) in [5.74, 6) is 7.67. The van der Waals surface area contributed by atoms with Crippen molar-refractivity contribution < 1.29 is 9.59 Å². The molecule has 8 nitrogen and oxygen atoms in total. The van der Waals surface area contributed by atoms with Crippen LogP contribution in [-0.4, -0.2) is 54.6 Å². The fourth-order valence-corrected chi connectivity index (χ4v) is 6.17. The smallest absolute Gasteiger partial charge is 0.230 e. The van der Waals surface area contributed by atoms with E-state index in [2.05, 4.69) is 31.8 Å². The summed E-state index contributed by atoms with van der Waals surface area (Å²) in [6, 6.07) is 19.7. The first-order chi connectivity index (χ1) is 20.5. The summed E-state index contributed by atoms with van der Waals surface area (Å²) < 4.78 is 0. The summed E-state index contributed by atoms with van der Waals surface area (Å²) in [7, 11) is 0. The number of carbonyl (C=O) groups excluding carboxylic acids is 2. The van der Waals surface area contributed by atoms with Gasteiger partial charge in [-0.1, -0.05) is 60.7 Å². The molecule has 4 atom stereocenters. The van der Waals surface area contributed by atoms with Crippen molar-refractivity contribution in [3.8, 4) is 11.8 Å². The molecule has 4 heterocycles. The molecule has 2 aromatic carbocycles. The fraction of sp³-hybridized carbons (Fsp3) is 0.353. The van der Waals surface area contributed by atoms with Crippen LogP contribution in [0.1, 0.15) is 97.6 Å². The van der Waals surface area contributed by atoms with E-state index in [9.17, 15) is 9.59 Å². The van der Waals surface area contributed by atoms with Crippen LogP contribution >= 0.6 is 0 Å². The second kappa shape index (κ2) is 12.1. The molecule has 0 unspecified atom stereocenters. The van der Waals surface area contributed by atoms with E-state index in [1.807, 2.05) is 84.3 Å². The summed E-state index contributed by atoms with van der Waals surface area (Å²) in [5.41, 5.74) is 3.42. The maximum atomic E-state index is 13.4. The minimum atomic E-state index is -0.205. The lowest BCUT2D eigenvalue weighted by Gasteiger charge is -2.26. The van der Waals surface area contributed by atoms with Crippen molar-refractivity contribution in [1.82, 2.24) is 29.7 Å². The average molecular weight is 561 g/mol.